The van der Waals surface area contributed by atoms with Crippen molar-refractivity contribution >= 4 is 44.7 Å². The van der Waals surface area contributed by atoms with Gasteiger partial charge in [-0.1, -0.05) is 23.9 Å². The number of carbonyl (C=O) groups excluding carboxylic acids is 1. The fourth-order valence-electron chi connectivity index (χ4n) is 2.74. The summed E-state index contributed by atoms with van der Waals surface area (Å²) in [5.74, 6) is -0.169. The number of amides is 1. The predicted octanol–water partition coefficient (Wildman–Crippen LogP) is 4.86. The first-order chi connectivity index (χ1) is 14.2. The zero-order valence-corrected chi connectivity index (χ0v) is 19.5. The van der Waals surface area contributed by atoms with E-state index in [2.05, 4.69) is 42.1 Å². The maximum Gasteiger partial charge on any atom is 0.265 e. The van der Waals surface area contributed by atoms with Gasteiger partial charge in [0.1, 0.15) is 0 Å². The average Bonchev–Trinajstić information content (AvgIpc) is 3.14. The lowest BCUT2D eigenvalue weighted by Gasteiger charge is -2.08. The van der Waals surface area contributed by atoms with Gasteiger partial charge in [0, 0.05) is 26.9 Å². The van der Waals surface area contributed by atoms with Gasteiger partial charge in [-0.3, -0.25) is 4.79 Å². The third-order valence-electron chi connectivity index (χ3n) is 4.30. The standard InChI is InChI=1S/C22H24N2O3S3/c1-15-4-5-16(2)21(14-15)29-18-8-6-17(7-9-18)24-22(25)20-11-10-19(28-20)12-13-23-30(3,26)27/h4-11,14,23H,12-13H2,1-3H3,(H,24,25). The number of nitrogens with one attached hydrogen (secondary N) is 2. The molecular weight excluding hydrogens is 436 g/mol. The van der Waals surface area contributed by atoms with Crippen molar-refractivity contribution in [1.29, 1.82) is 0 Å². The molecule has 158 valence electrons. The summed E-state index contributed by atoms with van der Waals surface area (Å²) in [6.45, 7) is 4.50. The Labute approximate surface area is 186 Å². The van der Waals surface area contributed by atoms with Crippen LogP contribution >= 0.6 is 23.1 Å². The minimum atomic E-state index is -3.20. The van der Waals surface area contributed by atoms with Gasteiger partial charge in [0.15, 0.2) is 0 Å². The van der Waals surface area contributed by atoms with E-state index in [4.69, 9.17) is 0 Å². The minimum Gasteiger partial charge on any atom is -0.321 e. The maximum atomic E-state index is 12.5. The molecule has 0 fully saturated rings. The third kappa shape index (κ3) is 6.70. The van der Waals surface area contributed by atoms with Crippen LogP contribution in [0.1, 0.15) is 25.7 Å². The van der Waals surface area contributed by atoms with E-state index in [0.717, 1.165) is 21.7 Å². The van der Waals surface area contributed by atoms with E-state index in [0.29, 0.717) is 17.8 Å². The molecule has 2 N–H and O–H groups in total. The van der Waals surface area contributed by atoms with Gasteiger partial charge in [-0.25, -0.2) is 13.1 Å². The Bertz CT molecular complexity index is 1140. The summed E-state index contributed by atoms with van der Waals surface area (Å²) >= 11 is 3.07. The molecule has 0 atom stereocenters. The summed E-state index contributed by atoms with van der Waals surface area (Å²) < 4.78 is 24.7. The second-order valence-electron chi connectivity index (χ2n) is 7.03. The fraction of sp³-hybridized carbons (Fsp3) is 0.227. The van der Waals surface area contributed by atoms with Crippen molar-refractivity contribution in [3.05, 3.63) is 75.5 Å². The molecule has 0 unspecified atom stereocenters. The predicted molar refractivity (Wildman–Crippen MR) is 125 cm³/mol. The van der Waals surface area contributed by atoms with E-state index in [1.165, 1.54) is 27.4 Å². The van der Waals surface area contributed by atoms with Crippen LogP contribution in [0, 0.1) is 13.8 Å². The van der Waals surface area contributed by atoms with E-state index in [1.54, 1.807) is 17.8 Å². The SMILES string of the molecule is Cc1ccc(C)c(Sc2ccc(NC(=O)c3ccc(CCNS(C)(=O)=O)s3)cc2)c1. The lowest BCUT2D eigenvalue weighted by molar-refractivity contribution is 0.103. The van der Waals surface area contributed by atoms with Gasteiger partial charge >= 0.3 is 0 Å². The number of hydrogen-bond donors (Lipinski definition) is 2. The van der Waals surface area contributed by atoms with Gasteiger partial charge in [0.2, 0.25) is 10.0 Å². The van der Waals surface area contributed by atoms with Crippen molar-refractivity contribution in [3.63, 3.8) is 0 Å². The number of benzene rings is 2. The van der Waals surface area contributed by atoms with Crippen LogP contribution in [0.25, 0.3) is 0 Å². The monoisotopic (exact) mass is 460 g/mol. The molecule has 0 saturated heterocycles. The lowest BCUT2D eigenvalue weighted by Crippen LogP contribution is -2.24. The van der Waals surface area contributed by atoms with E-state index >= 15 is 0 Å². The number of anilines is 1. The third-order valence-corrected chi connectivity index (χ3v) is 7.34. The number of hydrogen-bond acceptors (Lipinski definition) is 5. The van der Waals surface area contributed by atoms with Crippen LogP contribution in [0.5, 0.6) is 0 Å². The quantitative estimate of drug-likeness (QED) is 0.503. The molecule has 1 aromatic heterocycles. The molecule has 0 spiro atoms. The second kappa shape index (κ2) is 9.78. The highest BCUT2D eigenvalue weighted by Gasteiger charge is 2.11. The molecule has 0 bridgehead atoms. The number of aryl methyl sites for hydroxylation is 2. The molecule has 30 heavy (non-hydrogen) atoms. The van der Waals surface area contributed by atoms with E-state index in [9.17, 15) is 13.2 Å². The van der Waals surface area contributed by atoms with E-state index in [1.807, 2.05) is 30.3 Å². The van der Waals surface area contributed by atoms with Crippen LogP contribution in [0.4, 0.5) is 5.69 Å². The van der Waals surface area contributed by atoms with Crippen molar-refractivity contribution in [2.75, 3.05) is 18.1 Å². The van der Waals surface area contributed by atoms with E-state index in [-0.39, 0.29) is 5.91 Å². The van der Waals surface area contributed by atoms with Gasteiger partial charge in [-0.05, 0) is 73.9 Å². The molecule has 0 saturated carbocycles. The highest BCUT2D eigenvalue weighted by atomic mass is 32.2. The molecule has 3 rings (SSSR count). The van der Waals surface area contributed by atoms with Crippen LogP contribution in [0.2, 0.25) is 0 Å². The normalized spacial score (nSPS) is 11.4. The summed E-state index contributed by atoms with van der Waals surface area (Å²) in [5.41, 5.74) is 3.21. The van der Waals surface area contributed by atoms with Crippen molar-refractivity contribution in [2.24, 2.45) is 0 Å². The van der Waals surface area contributed by atoms with E-state index < -0.39 is 10.0 Å². The van der Waals surface area contributed by atoms with Gasteiger partial charge in [-0.15, -0.1) is 11.3 Å². The summed E-state index contributed by atoms with van der Waals surface area (Å²) in [6, 6.07) is 17.8. The zero-order valence-electron chi connectivity index (χ0n) is 17.1. The topological polar surface area (TPSA) is 75.3 Å². The van der Waals surface area contributed by atoms with Crippen LogP contribution < -0.4 is 10.0 Å². The molecule has 8 heteroatoms. The first-order valence-electron chi connectivity index (χ1n) is 9.39. The maximum absolute atomic E-state index is 12.5. The van der Waals surface area contributed by atoms with Crippen molar-refractivity contribution < 1.29 is 13.2 Å². The Hall–Kier alpha value is -2.13. The second-order valence-corrected chi connectivity index (χ2v) is 11.1. The van der Waals surface area contributed by atoms with Crippen molar-refractivity contribution in [2.45, 2.75) is 30.1 Å². The molecular formula is C22H24N2O3S3. The first kappa shape index (κ1) is 22.6. The Balaban J connectivity index is 1.57. The fourth-order valence-corrected chi connectivity index (χ4v) is 5.11. The Morgan fingerprint density at radius 3 is 2.47 bits per heavy atom. The highest BCUT2D eigenvalue weighted by molar-refractivity contribution is 7.99. The van der Waals surface area contributed by atoms with Crippen LogP contribution in [0.3, 0.4) is 0 Å². The largest absolute Gasteiger partial charge is 0.321 e. The van der Waals surface area contributed by atoms with Gasteiger partial charge in [0.05, 0.1) is 11.1 Å². The molecule has 0 aliphatic carbocycles. The Kier molecular flexibility index (Phi) is 7.36. The summed E-state index contributed by atoms with van der Waals surface area (Å²) in [4.78, 5) is 16.4. The molecule has 1 amide bonds. The summed E-state index contributed by atoms with van der Waals surface area (Å²) in [6.07, 6.45) is 1.68. The molecule has 0 radical (unpaired) electrons. The average molecular weight is 461 g/mol. The number of sulfonamides is 1. The van der Waals surface area contributed by atoms with Crippen molar-refractivity contribution in [3.8, 4) is 0 Å². The molecule has 3 aromatic rings. The highest BCUT2D eigenvalue weighted by Crippen LogP contribution is 2.31. The number of rotatable bonds is 8. The lowest BCUT2D eigenvalue weighted by atomic mass is 10.2. The van der Waals surface area contributed by atoms with Gasteiger partial charge in [-0.2, -0.15) is 0 Å². The summed E-state index contributed by atoms with van der Waals surface area (Å²) in [5, 5.41) is 2.91. The molecule has 1 heterocycles. The van der Waals surface area contributed by atoms with Crippen LogP contribution in [-0.2, 0) is 16.4 Å². The Morgan fingerprint density at radius 2 is 1.77 bits per heavy atom. The van der Waals surface area contributed by atoms with Gasteiger partial charge < -0.3 is 5.32 Å². The number of carbonyl (C=O) groups is 1. The first-order valence-corrected chi connectivity index (χ1v) is 12.9. The van der Waals surface area contributed by atoms with Crippen molar-refractivity contribution in [1.82, 2.24) is 4.72 Å². The van der Waals surface area contributed by atoms with Crippen LogP contribution in [-0.4, -0.2) is 27.1 Å². The van der Waals surface area contributed by atoms with Crippen LogP contribution in [0.15, 0.2) is 64.4 Å². The Morgan fingerprint density at radius 1 is 1.03 bits per heavy atom. The summed E-state index contributed by atoms with van der Waals surface area (Å²) in [7, 11) is -3.20. The number of thiophene rings is 1. The smallest absolute Gasteiger partial charge is 0.265 e. The molecule has 5 nitrogen and oxygen atoms in total. The molecule has 2 aromatic carbocycles. The van der Waals surface area contributed by atoms with Gasteiger partial charge in [0.25, 0.3) is 5.91 Å². The zero-order chi connectivity index (χ0) is 21.7. The minimum absolute atomic E-state index is 0.169. The molecule has 0 aliphatic heterocycles. The molecule has 0 aliphatic rings.